The first-order valence-electron chi connectivity index (χ1n) is 43.9. The van der Waals surface area contributed by atoms with Crippen LogP contribution in [-0.2, 0) is 80.0 Å². The zero-order chi connectivity index (χ0) is 92.7. The van der Waals surface area contributed by atoms with E-state index in [-0.39, 0.29) is 95.8 Å². The largest absolute Gasteiger partial charge is 0.478 e. The molecule has 0 radical (unpaired) electrons. The van der Waals surface area contributed by atoms with E-state index in [4.69, 9.17) is 33.1 Å². The van der Waals surface area contributed by atoms with Crippen molar-refractivity contribution in [1.29, 1.82) is 10.8 Å². The molecule has 127 heavy (non-hydrogen) atoms. The Morgan fingerprint density at radius 3 is 1.59 bits per heavy atom. The first kappa shape index (κ1) is 106. The van der Waals surface area contributed by atoms with Gasteiger partial charge in [-0.2, -0.15) is 0 Å². The molecule has 1 aromatic heterocycles. The number of amides is 13. The standard InChI is InChI=1S/C88H133N21O17S/c1-3-4-5-6-7-8-9-10-11-12-13-14-15-27-43-95-73(115)55-108(54-70(89)112)75(117)41-26-19-28-44-96-80(120)67(49-60-32-20-16-21-33-60)103-82(122)66(40-30-46-98-88(92)93)102-84(124)69(57-127-48-42-76(118)119)105-81(121)65(39-29-45-97-87(90)91)101-71(113)51-64-38-31-47-109(64)86(126)79(77(61-34-22-17-23-35-61)62-36-24-18-25-37-62)107-83(123)68(50-63-52-94-58-100-63)104-85(125)78(59(2)111)106-72(114)53-99-74(116)56-110/h16-18,20-25,32-37,42,48,52,58-59,64-69,77-79,110-111H,3-15,19,26-31,38-41,43-47,49-51,53-57H2,1-2H3,(H2,89,112)(H,94,100)(H,95,115)(H,96,120)(H,99,116)(H,101,113)(H,102,124)(H,103,122)(H,104,125)(H,105,121)(H,106,114)(H,107,123)(H,118,119)(H4,90,91,97)(H4,92,93,98)/b48-42-/t59-,64+,65+,66+,67+,68+,69+,78+,79+/m1/s1. The number of aliphatic carboxylic acids is 1. The number of carboxylic acids is 1. The Kier molecular flexibility index (Phi) is 50.4. The van der Waals surface area contributed by atoms with Crippen LogP contribution in [0, 0.1) is 10.8 Å². The number of thioether (sulfide) groups is 1. The fourth-order valence-electron chi connectivity index (χ4n) is 14.6. The number of aliphatic hydroxyl groups excluding tert-OH is 2. The predicted molar refractivity (Wildman–Crippen MR) is 480 cm³/mol. The number of aromatic amines is 1. The maximum atomic E-state index is 15.8. The molecule has 1 aliphatic heterocycles. The lowest BCUT2D eigenvalue weighted by atomic mass is 9.84. The van der Waals surface area contributed by atoms with Crippen LogP contribution in [0.4, 0.5) is 0 Å². The van der Waals surface area contributed by atoms with E-state index in [9.17, 15) is 67.7 Å². The van der Waals surface area contributed by atoms with E-state index in [1.807, 2.05) is 0 Å². The number of likely N-dealkylation sites (tertiary alicyclic amines) is 1. The number of benzene rings is 3. The summed E-state index contributed by atoms with van der Waals surface area (Å²) in [6.45, 7) is 1.69. The van der Waals surface area contributed by atoms with E-state index < -0.39 is 175 Å². The van der Waals surface area contributed by atoms with Crippen molar-refractivity contribution in [2.75, 3.05) is 64.7 Å². The van der Waals surface area contributed by atoms with Crippen molar-refractivity contribution in [3.05, 3.63) is 137 Å². The van der Waals surface area contributed by atoms with Crippen LogP contribution >= 0.6 is 11.8 Å². The molecule has 5 rings (SSSR count). The molecule has 1 aliphatic rings. The Hall–Kier alpha value is -12.0. The van der Waals surface area contributed by atoms with E-state index in [0.29, 0.717) is 54.6 Å². The highest BCUT2D eigenvalue weighted by Gasteiger charge is 2.43. The number of carbonyl (C=O) groups is 14. The second-order valence-corrected chi connectivity index (χ2v) is 32.5. The Morgan fingerprint density at radius 1 is 0.543 bits per heavy atom. The quantitative estimate of drug-likeness (QED) is 0.0130. The normalized spacial score (nSPS) is 14.2. The number of guanidine groups is 2. The van der Waals surface area contributed by atoms with Gasteiger partial charge in [0.25, 0.3) is 0 Å². The molecule has 4 aromatic rings. The first-order chi connectivity index (χ1) is 61.1. The van der Waals surface area contributed by atoms with Gasteiger partial charge in [0.15, 0.2) is 11.9 Å². The average molecular weight is 1790 g/mol. The highest BCUT2D eigenvalue weighted by atomic mass is 32.2. The fourth-order valence-corrected chi connectivity index (χ4v) is 15.3. The van der Waals surface area contributed by atoms with Crippen LogP contribution in [0.15, 0.2) is 115 Å². The number of rotatable bonds is 64. The second kappa shape index (κ2) is 60.6. The number of aliphatic hydroxyl groups is 2. The van der Waals surface area contributed by atoms with E-state index in [1.165, 1.54) is 88.6 Å². The van der Waals surface area contributed by atoms with Crippen molar-refractivity contribution in [3.8, 4) is 0 Å². The number of hydrogen-bond acceptors (Lipinski definition) is 20. The van der Waals surface area contributed by atoms with Crippen LogP contribution in [0.1, 0.15) is 203 Å². The van der Waals surface area contributed by atoms with Crippen LogP contribution in [0.2, 0.25) is 0 Å². The maximum Gasteiger partial charge on any atom is 0.328 e. The van der Waals surface area contributed by atoms with Gasteiger partial charge in [-0.3, -0.25) is 73.1 Å². The monoisotopic (exact) mass is 1790 g/mol. The number of nitrogens with one attached hydrogen (secondary N) is 15. The second-order valence-electron chi connectivity index (χ2n) is 31.6. The predicted octanol–water partition coefficient (Wildman–Crippen LogP) is 1.74. The number of unbranched alkanes of at least 4 members (excludes halogenated alkanes) is 15. The van der Waals surface area contributed by atoms with Crippen LogP contribution in [0.3, 0.4) is 0 Å². The third kappa shape index (κ3) is 42.7. The molecule has 39 heteroatoms. The Bertz CT molecular complexity index is 4100. The van der Waals surface area contributed by atoms with Gasteiger partial charge in [0, 0.05) is 94.1 Å². The Morgan fingerprint density at radius 2 is 1.05 bits per heavy atom. The molecule has 698 valence electrons. The van der Waals surface area contributed by atoms with Crippen molar-refractivity contribution in [2.45, 2.75) is 248 Å². The van der Waals surface area contributed by atoms with Gasteiger partial charge in [-0.15, -0.1) is 11.8 Å². The molecular formula is C88H133N21O17S. The summed E-state index contributed by atoms with van der Waals surface area (Å²) in [5.74, 6) is -13.6. The van der Waals surface area contributed by atoms with Gasteiger partial charge in [0.1, 0.15) is 55.4 Å². The summed E-state index contributed by atoms with van der Waals surface area (Å²) in [6.07, 6.45) is 19.5. The SMILES string of the molecule is CCCCCCCCCCCCCCCCNC(=O)CN(CC(N)=O)C(=O)CCCCCNC(=O)[C@H](Cc1ccccc1)NC(=O)[C@H](CCCNC(=N)N)NC(=O)[C@H](CS/C=C\C(=O)O)NC(=O)[C@H](CCCNC(=N)N)NC(=O)C[C@@H]1CCCN1C(=O)[C@@H](NC(=O)[C@H](Cc1cnc[nH]1)NC(=O)[C@@H](NC(=O)CNC(=O)CO)[C@@H](C)O)C(c1ccccc1)c1ccccc1. The fraction of sp³-hybridized carbons (Fsp3) is 0.557. The molecule has 0 unspecified atom stereocenters. The number of hydrogen-bond donors (Lipinski definition) is 21. The minimum absolute atomic E-state index is 0.0207. The van der Waals surface area contributed by atoms with Crippen LogP contribution in [0.25, 0.3) is 0 Å². The molecule has 0 bridgehead atoms. The van der Waals surface area contributed by atoms with Crippen molar-refractivity contribution in [2.24, 2.45) is 17.2 Å². The van der Waals surface area contributed by atoms with Gasteiger partial charge < -0.3 is 111 Å². The Labute approximate surface area is 746 Å². The number of H-pyrrole nitrogens is 1. The Balaban J connectivity index is 1.33. The van der Waals surface area contributed by atoms with E-state index in [0.717, 1.165) is 53.8 Å². The lowest BCUT2D eigenvalue weighted by molar-refractivity contribution is -0.139. The van der Waals surface area contributed by atoms with Crippen LogP contribution in [0.5, 0.6) is 0 Å². The minimum atomic E-state index is -1.70. The molecule has 2 heterocycles. The number of aromatic nitrogens is 2. The van der Waals surface area contributed by atoms with E-state index in [1.54, 1.807) is 91.0 Å². The van der Waals surface area contributed by atoms with Gasteiger partial charge in [-0.05, 0) is 86.8 Å². The summed E-state index contributed by atoms with van der Waals surface area (Å²) < 4.78 is 0. The third-order valence-corrected chi connectivity index (χ3v) is 22.1. The summed E-state index contributed by atoms with van der Waals surface area (Å²) >= 11 is 0.804. The van der Waals surface area contributed by atoms with Gasteiger partial charge >= 0.3 is 5.97 Å². The summed E-state index contributed by atoms with van der Waals surface area (Å²) in [6, 6.07) is 14.8. The number of primary amides is 1. The van der Waals surface area contributed by atoms with Crippen LogP contribution in [-0.4, -0.2) is 249 Å². The van der Waals surface area contributed by atoms with E-state index >= 15 is 9.59 Å². The topological polar surface area (TPSA) is 605 Å². The molecule has 1 fully saturated rings. The third-order valence-electron chi connectivity index (χ3n) is 21.2. The molecule has 3 aromatic carbocycles. The molecular weight excluding hydrogens is 1660 g/mol. The van der Waals surface area contributed by atoms with Crippen molar-refractivity contribution in [1.82, 2.24) is 83.6 Å². The summed E-state index contributed by atoms with van der Waals surface area (Å²) in [5, 5.41) is 78.2. The highest BCUT2D eigenvalue weighted by molar-refractivity contribution is 8.02. The maximum absolute atomic E-state index is 15.8. The van der Waals surface area contributed by atoms with Gasteiger partial charge in [-0.1, -0.05) is 188 Å². The van der Waals surface area contributed by atoms with E-state index in [2.05, 4.69) is 80.7 Å². The molecule has 24 N–H and O–H groups in total. The molecule has 1 saturated heterocycles. The van der Waals surface area contributed by atoms with Crippen molar-refractivity contribution >= 4 is 106 Å². The lowest BCUT2D eigenvalue weighted by Gasteiger charge is -2.35. The van der Waals surface area contributed by atoms with Gasteiger partial charge in [0.2, 0.25) is 76.8 Å². The number of nitrogens with zero attached hydrogens (tertiary/aromatic N) is 3. The molecule has 0 spiro atoms. The summed E-state index contributed by atoms with van der Waals surface area (Å²) in [7, 11) is 0. The van der Waals surface area contributed by atoms with Crippen molar-refractivity contribution < 1.29 is 82.4 Å². The van der Waals surface area contributed by atoms with Crippen LogP contribution < -0.4 is 81.0 Å². The molecule has 0 aliphatic carbocycles. The zero-order valence-electron chi connectivity index (χ0n) is 72.9. The van der Waals surface area contributed by atoms with Gasteiger partial charge in [0.05, 0.1) is 25.5 Å². The number of nitrogens with two attached hydrogens (primary N) is 3. The van der Waals surface area contributed by atoms with Gasteiger partial charge in [-0.25, -0.2) is 9.78 Å². The summed E-state index contributed by atoms with van der Waals surface area (Å²) in [5.41, 5.74) is 18.8. The average Bonchev–Trinajstić information content (AvgIpc) is 1.72. The molecule has 9 atom stereocenters. The lowest BCUT2D eigenvalue weighted by Crippen LogP contribution is -2.61. The summed E-state index contributed by atoms with van der Waals surface area (Å²) in [4.78, 5) is 203. The van der Waals surface area contributed by atoms with Crippen molar-refractivity contribution in [3.63, 3.8) is 0 Å². The number of carboxylic acid groups (broad SMARTS) is 1. The minimum Gasteiger partial charge on any atom is -0.478 e. The molecule has 38 nitrogen and oxygen atoms in total. The zero-order valence-corrected chi connectivity index (χ0v) is 73.8. The molecule has 13 amide bonds. The highest BCUT2D eigenvalue weighted by Crippen LogP contribution is 2.32. The number of imidazole rings is 1. The first-order valence-corrected chi connectivity index (χ1v) is 45.0. The smallest absolute Gasteiger partial charge is 0.328 e. The number of carbonyl (C=O) groups excluding carboxylic acids is 13. The molecule has 0 saturated carbocycles.